The normalized spacial score (nSPS) is 23.3. The maximum absolute atomic E-state index is 12.6. The lowest BCUT2D eigenvalue weighted by atomic mass is 10.1. The molecule has 1 N–H and O–H groups in total. The van der Waals surface area contributed by atoms with Crippen LogP contribution in [0, 0.1) is 0 Å². The van der Waals surface area contributed by atoms with Gasteiger partial charge >= 0.3 is 6.18 Å². The molecule has 7 heteroatoms. The van der Waals surface area contributed by atoms with Crippen LogP contribution in [0.1, 0.15) is 0 Å². The van der Waals surface area contributed by atoms with Gasteiger partial charge in [0.25, 0.3) is 11.5 Å². The first kappa shape index (κ1) is 12.4. The Balaban J connectivity index is 2.16. The van der Waals surface area contributed by atoms with Gasteiger partial charge < -0.3 is 10.1 Å². The Bertz CT molecular complexity index is 457. The Morgan fingerprint density at radius 2 is 2.00 bits per heavy atom. The second-order valence-electron chi connectivity index (χ2n) is 3.55. The average molecular weight is 310 g/mol. The smallest absolute Gasteiger partial charge is 0.351 e. The highest BCUT2D eigenvalue weighted by atomic mass is 79.9. The number of hydrogen-bond acceptors (Lipinski definition) is 2. The third-order valence-electron chi connectivity index (χ3n) is 2.38. The van der Waals surface area contributed by atoms with Gasteiger partial charge in [0.05, 0.1) is 12.3 Å². The molecule has 17 heavy (non-hydrogen) atoms. The molecule has 0 unspecified atom stereocenters. The Kier molecular flexibility index (Phi) is 2.90. The molecule has 1 aromatic rings. The van der Waals surface area contributed by atoms with E-state index < -0.39 is 24.3 Å². The van der Waals surface area contributed by atoms with Crippen molar-refractivity contribution in [2.75, 3.05) is 11.9 Å². The van der Waals surface area contributed by atoms with Crippen molar-refractivity contribution in [3.05, 3.63) is 28.7 Å². The van der Waals surface area contributed by atoms with Crippen LogP contribution >= 0.6 is 15.9 Å². The van der Waals surface area contributed by atoms with E-state index in [1.807, 2.05) is 0 Å². The summed E-state index contributed by atoms with van der Waals surface area (Å²) in [5.41, 5.74) is -2.40. The van der Waals surface area contributed by atoms with E-state index in [4.69, 9.17) is 0 Å². The van der Waals surface area contributed by atoms with Crippen LogP contribution in [0.2, 0.25) is 0 Å². The van der Waals surface area contributed by atoms with E-state index in [2.05, 4.69) is 26.0 Å². The molecule has 1 aromatic carbocycles. The number of halogens is 4. The van der Waals surface area contributed by atoms with E-state index in [9.17, 15) is 18.0 Å². The highest BCUT2D eigenvalue weighted by Gasteiger charge is 2.71. The van der Waals surface area contributed by atoms with Crippen LogP contribution < -0.4 is 5.32 Å². The molecule has 1 aliphatic rings. The number of epoxide rings is 1. The first-order valence-corrected chi connectivity index (χ1v) is 5.43. The molecule has 0 aliphatic carbocycles. The minimum absolute atomic E-state index is 0.275. The van der Waals surface area contributed by atoms with Gasteiger partial charge in [0, 0.05) is 4.47 Å². The Labute approximate surface area is 103 Å². The van der Waals surface area contributed by atoms with Gasteiger partial charge in [0.15, 0.2) is 0 Å². The standard InChI is InChI=1S/C10H7BrF3NO2/c11-6-3-1-2-4-7(6)15-8(16)9(5-17-9)10(12,13)14/h1-4H,5H2,(H,15,16)/t9-/m1/s1. The number of carbonyl (C=O) groups excluding carboxylic acids is 1. The summed E-state index contributed by atoms with van der Waals surface area (Å²) < 4.78 is 42.4. The maximum atomic E-state index is 12.6. The number of alkyl halides is 3. The molecule has 1 fully saturated rings. The lowest BCUT2D eigenvalue weighted by Crippen LogP contribution is -2.44. The fraction of sp³-hybridized carbons (Fsp3) is 0.300. The first-order chi connectivity index (χ1) is 7.87. The third kappa shape index (κ3) is 2.16. The summed E-state index contributed by atoms with van der Waals surface area (Å²) in [6.45, 7) is -0.632. The highest BCUT2D eigenvalue weighted by molar-refractivity contribution is 9.10. The van der Waals surface area contributed by atoms with Crippen molar-refractivity contribution in [2.45, 2.75) is 11.8 Å². The van der Waals surface area contributed by atoms with Gasteiger partial charge in [-0.25, -0.2) is 0 Å². The summed E-state index contributed by atoms with van der Waals surface area (Å²) in [5, 5.41) is 2.19. The van der Waals surface area contributed by atoms with E-state index in [0.29, 0.717) is 4.47 Å². The van der Waals surface area contributed by atoms with Crippen molar-refractivity contribution >= 4 is 27.5 Å². The number of para-hydroxylation sites is 1. The van der Waals surface area contributed by atoms with Crippen molar-refractivity contribution in [1.82, 2.24) is 0 Å². The molecule has 0 radical (unpaired) electrons. The van der Waals surface area contributed by atoms with Gasteiger partial charge in [0.2, 0.25) is 0 Å². The van der Waals surface area contributed by atoms with Crippen molar-refractivity contribution in [3.8, 4) is 0 Å². The minimum atomic E-state index is -4.70. The zero-order valence-electron chi connectivity index (χ0n) is 8.34. The fourth-order valence-corrected chi connectivity index (χ4v) is 1.67. The molecule has 0 bridgehead atoms. The lowest BCUT2D eigenvalue weighted by molar-refractivity contribution is -0.186. The van der Waals surface area contributed by atoms with Gasteiger partial charge in [-0.2, -0.15) is 13.2 Å². The zero-order valence-corrected chi connectivity index (χ0v) is 9.93. The van der Waals surface area contributed by atoms with Crippen molar-refractivity contribution in [1.29, 1.82) is 0 Å². The number of benzene rings is 1. The number of rotatable bonds is 2. The molecule has 0 saturated carbocycles. The monoisotopic (exact) mass is 309 g/mol. The van der Waals surface area contributed by atoms with Gasteiger partial charge in [-0.05, 0) is 28.1 Å². The molecular weight excluding hydrogens is 303 g/mol. The summed E-state index contributed by atoms with van der Waals surface area (Å²) in [5.74, 6) is -1.20. The summed E-state index contributed by atoms with van der Waals surface area (Å²) >= 11 is 3.13. The van der Waals surface area contributed by atoms with Crippen LogP contribution in [0.3, 0.4) is 0 Å². The minimum Gasteiger partial charge on any atom is -0.351 e. The lowest BCUT2D eigenvalue weighted by Gasteiger charge is -2.16. The SMILES string of the molecule is O=C(Nc1ccccc1Br)[C@@]1(C(F)(F)F)CO1. The molecule has 1 heterocycles. The molecule has 1 amide bonds. The number of ether oxygens (including phenoxy) is 1. The van der Waals surface area contributed by atoms with E-state index in [-0.39, 0.29) is 5.69 Å². The Morgan fingerprint density at radius 1 is 1.41 bits per heavy atom. The number of amides is 1. The van der Waals surface area contributed by atoms with Gasteiger partial charge in [-0.15, -0.1) is 0 Å². The summed E-state index contributed by atoms with van der Waals surface area (Å²) in [4.78, 5) is 11.5. The van der Waals surface area contributed by atoms with Gasteiger partial charge in [-0.3, -0.25) is 4.79 Å². The number of nitrogens with one attached hydrogen (secondary N) is 1. The number of carbonyl (C=O) groups is 1. The number of anilines is 1. The first-order valence-electron chi connectivity index (χ1n) is 4.63. The second-order valence-corrected chi connectivity index (χ2v) is 4.40. The molecule has 0 aromatic heterocycles. The van der Waals surface area contributed by atoms with Crippen LogP contribution in [0.5, 0.6) is 0 Å². The predicted molar refractivity (Wildman–Crippen MR) is 57.5 cm³/mol. The van der Waals surface area contributed by atoms with Crippen molar-refractivity contribution in [3.63, 3.8) is 0 Å². The zero-order chi connectivity index (χ0) is 12.7. The van der Waals surface area contributed by atoms with E-state index in [0.717, 1.165) is 0 Å². The molecule has 1 saturated heterocycles. The summed E-state index contributed by atoms with van der Waals surface area (Å²) in [6, 6.07) is 6.40. The molecule has 3 nitrogen and oxygen atoms in total. The largest absolute Gasteiger partial charge is 0.429 e. The van der Waals surface area contributed by atoms with Crippen LogP contribution in [-0.2, 0) is 9.53 Å². The average Bonchev–Trinajstić information content (AvgIpc) is 3.01. The highest BCUT2D eigenvalue weighted by Crippen LogP contribution is 2.44. The molecule has 92 valence electrons. The summed E-state index contributed by atoms with van der Waals surface area (Å²) in [6.07, 6.45) is -4.70. The third-order valence-corrected chi connectivity index (χ3v) is 3.07. The quantitative estimate of drug-likeness (QED) is 0.854. The second kappa shape index (κ2) is 3.99. The Hall–Kier alpha value is -1.08. The molecule has 0 spiro atoms. The van der Waals surface area contributed by atoms with Crippen LogP contribution in [-0.4, -0.2) is 24.3 Å². The van der Waals surface area contributed by atoms with E-state index in [1.54, 1.807) is 18.2 Å². The molecule has 1 aliphatic heterocycles. The van der Waals surface area contributed by atoms with Gasteiger partial charge in [-0.1, -0.05) is 12.1 Å². The van der Waals surface area contributed by atoms with E-state index in [1.165, 1.54) is 6.07 Å². The van der Waals surface area contributed by atoms with Crippen LogP contribution in [0.4, 0.5) is 18.9 Å². The van der Waals surface area contributed by atoms with Gasteiger partial charge in [0.1, 0.15) is 0 Å². The molecular formula is C10H7BrF3NO2. The molecule has 2 rings (SSSR count). The van der Waals surface area contributed by atoms with Crippen LogP contribution in [0.15, 0.2) is 28.7 Å². The number of hydrogen-bond donors (Lipinski definition) is 1. The summed E-state index contributed by atoms with van der Waals surface area (Å²) in [7, 11) is 0. The predicted octanol–water partition coefficient (Wildman–Crippen LogP) is 2.72. The maximum Gasteiger partial charge on any atom is 0.429 e. The van der Waals surface area contributed by atoms with Crippen LogP contribution in [0.25, 0.3) is 0 Å². The topological polar surface area (TPSA) is 41.6 Å². The molecule has 1 atom stereocenters. The van der Waals surface area contributed by atoms with Crippen molar-refractivity contribution < 1.29 is 22.7 Å². The fourth-order valence-electron chi connectivity index (χ4n) is 1.28. The van der Waals surface area contributed by atoms with Crippen molar-refractivity contribution in [2.24, 2.45) is 0 Å². The van der Waals surface area contributed by atoms with E-state index >= 15 is 0 Å². The Morgan fingerprint density at radius 3 is 2.47 bits per heavy atom.